The molecule has 1 aliphatic heterocycles. The number of aromatic nitrogens is 2. The lowest BCUT2D eigenvalue weighted by Crippen LogP contribution is -2.37. The lowest BCUT2D eigenvalue weighted by molar-refractivity contribution is 0.0524. The van der Waals surface area contributed by atoms with E-state index in [1.165, 1.54) is 0 Å². The van der Waals surface area contributed by atoms with Gasteiger partial charge in [0, 0.05) is 25.2 Å². The predicted octanol–water partition coefficient (Wildman–Crippen LogP) is 1.37. The summed E-state index contributed by atoms with van der Waals surface area (Å²) in [5.74, 6) is 0.767. The quantitative estimate of drug-likeness (QED) is 0.774. The Labute approximate surface area is 118 Å². The second-order valence-corrected chi connectivity index (χ2v) is 5.06. The number of esters is 1. The van der Waals surface area contributed by atoms with Crippen molar-refractivity contribution in [2.45, 2.75) is 25.7 Å². The van der Waals surface area contributed by atoms with Crippen LogP contribution in [0.4, 0.5) is 5.95 Å². The summed E-state index contributed by atoms with van der Waals surface area (Å²) >= 11 is 0. The van der Waals surface area contributed by atoms with Gasteiger partial charge in [0.15, 0.2) is 0 Å². The van der Waals surface area contributed by atoms with Crippen molar-refractivity contribution < 1.29 is 14.3 Å². The van der Waals surface area contributed by atoms with Crippen LogP contribution in [-0.4, -0.2) is 48.8 Å². The van der Waals surface area contributed by atoms with E-state index in [-0.39, 0.29) is 5.97 Å². The van der Waals surface area contributed by atoms with E-state index in [9.17, 15) is 4.79 Å². The van der Waals surface area contributed by atoms with Crippen LogP contribution in [0.1, 0.15) is 41.7 Å². The minimum Gasteiger partial charge on any atom is -0.462 e. The number of carbonyl (C=O) groups is 1. The van der Waals surface area contributed by atoms with E-state index in [1.807, 2.05) is 0 Å². The van der Waals surface area contributed by atoms with Crippen molar-refractivity contribution in [3.8, 4) is 0 Å². The fraction of sp³-hybridized carbons (Fsp3) is 0.643. The van der Waals surface area contributed by atoms with Gasteiger partial charge in [0.2, 0.25) is 5.95 Å². The van der Waals surface area contributed by atoms with Crippen molar-refractivity contribution in [3.05, 3.63) is 17.5 Å². The summed E-state index contributed by atoms with van der Waals surface area (Å²) in [7, 11) is 0. The van der Waals surface area contributed by atoms with Crippen LogP contribution in [0.15, 0.2) is 6.20 Å². The van der Waals surface area contributed by atoms with Crippen LogP contribution in [0.2, 0.25) is 0 Å². The maximum Gasteiger partial charge on any atom is 0.341 e. The zero-order valence-corrected chi connectivity index (χ0v) is 11.7. The molecule has 0 bridgehead atoms. The van der Waals surface area contributed by atoms with Crippen LogP contribution in [-0.2, 0) is 9.47 Å². The first-order chi connectivity index (χ1) is 9.79. The molecule has 2 aliphatic rings. The van der Waals surface area contributed by atoms with E-state index >= 15 is 0 Å². The van der Waals surface area contributed by atoms with Crippen LogP contribution >= 0.6 is 0 Å². The molecule has 108 valence electrons. The summed E-state index contributed by atoms with van der Waals surface area (Å²) in [6.07, 6.45) is 3.79. The van der Waals surface area contributed by atoms with Gasteiger partial charge in [0.05, 0.1) is 31.1 Å². The molecule has 0 spiro atoms. The molecule has 1 saturated heterocycles. The van der Waals surface area contributed by atoms with Gasteiger partial charge < -0.3 is 14.4 Å². The molecule has 2 heterocycles. The minimum atomic E-state index is -0.317. The highest BCUT2D eigenvalue weighted by Gasteiger charge is 2.31. The van der Waals surface area contributed by atoms with Gasteiger partial charge in [-0.05, 0) is 19.8 Å². The first-order valence-electron chi connectivity index (χ1n) is 7.16. The highest BCUT2D eigenvalue weighted by atomic mass is 16.5. The summed E-state index contributed by atoms with van der Waals surface area (Å²) < 4.78 is 10.4. The molecule has 1 aromatic heterocycles. The molecule has 0 amide bonds. The van der Waals surface area contributed by atoms with Gasteiger partial charge >= 0.3 is 5.97 Å². The molecule has 0 atom stereocenters. The molecule has 2 fully saturated rings. The Morgan fingerprint density at radius 2 is 2.20 bits per heavy atom. The molecule has 6 heteroatoms. The second kappa shape index (κ2) is 5.75. The lowest BCUT2D eigenvalue weighted by Gasteiger charge is -2.27. The van der Waals surface area contributed by atoms with Gasteiger partial charge in [0.25, 0.3) is 0 Å². The number of rotatable bonds is 4. The monoisotopic (exact) mass is 277 g/mol. The summed E-state index contributed by atoms with van der Waals surface area (Å²) in [5, 5.41) is 0. The second-order valence-electron chi connectivity index (χ2n) is 5.06. The molecule has 0 N–H and O–H groups in total. The Bertz CT molecular complexity index is 496. The normalized spacial score (nSPS) is 18.9. The number of nitrogens with zero attached hydrogens (tertiary/aromatic N) is 3. The van der Waals surface area contributed by atoms with Crippen LogP contribution in [0.5, 0.6) is 0 Å². The molecule has 6 nitrogen and oxygen atoms in total. The van der Waals surface area contributed by atoms with Crippen molar-refractivity contribution in [2.24, 2.45) is 0 Å². The fourth-order valence-corrected chi connectivity index (χ4v) is 2.34. The summed E-state index contributed by atoms with van der Waals surface area (Å²) in [6.45, 7) is 5.15. The molecule has 20 heavy (non-hydrogen) atoms. The van der Waals surface area contributed by atoms with E-state index in [0.29, 0.717) is 37.3 Å². The van der Waals surface area contributed by atoms with E-state index in [1.54, 1.807) is 13.1 Å². The summed E-state index contributed by atoms with van der Waals surface area (Å²) in [5.41, 5.74) is 1.37. The Kier molecular flexibility index (Phi) is 3.82. The molecule has 1 saturated carbocycles. The Morgan fingerprint density at radius 3 is 2.85 bits per heavy atom. The molecule has 3 rings (SSSR count). The molecule has 0 unspecified atom stereocenters. The highest BCUT2D eigenvalue weighted by Crippen LogP contribution is 2.41. The third kappa shape index (κ3) is 2.75. The van der Waals surface area contributed by atoms with E-state index in [0.717, 1.165) is 31.6 Å². The predicted molar refractivity (Wildman–Crippen MR) is 73.0 cm³/mol. The number of morpholine rings is 1. The Balaban J connectivity index is 1.87. The average molecular weight is 277 g/mol. The van der Waals surface area contributed by atoms with Crippen molar-refractivity contribution >= 4 is 11.9 Å². The third-order valence-electron chi connectivity index (χ3n) is 3.56. The van der Waals surface area contributed by atoms with E-state index in [2.05, 4.69) is 14.9 Å². The first kappa shape index (κ1) is 13.3. The van der Waals surface area contributed by atoms with Crippen molar-refractivity contribution in [3.63, 3.8) is 0 Å². The van der Waals surface area contributed by atoms with Gasteiger partial charge in [-0.1, -0.05) is 0 Å². The highest BCUT2D eigenvalue weighted by molar-refractivity contribution is 5.90. The van der Waals surface area contributed by atoms with Gasteiger partial charge in [0.1, 0.15) is 0 Å². The number of hydrogen-bond donors (Lipinski definition) is 0. The molecule has 1 aromatic rings. The molecular weight excluding hydrogens is 258 g/mol. The van der Waals surface area contributed by atoms with E-state index < -0.39 is 0 Å². The van der Waals surface area contributed by atoms with Crippen LogP contribution in [0, 0.1) is 0 Å². The summed E-state index contributed by atoms with van der Waals surface area (Å²) in [6, 6.07) is 0. The Morgan fingerprint density at radius 1 is 1.45 bits per heavy atom. The zero-order valence-electron chi connectivity index (χ0n) is 11.7. The maximum absolute atomic E-state index is 11.9. The van der Waals surface area contributed by atoms with Crippen LogP contribution in [0.3, 0.4) is 0 Å². The van der Waals surface area contributed by atoms with Crippen molar-refractivity contribution in [1.82, 2.24) is 9.97 Å². The van der Waals surface area contributed by atoms with E-state index in [4.69, 9.17) is 9.47 Å². The van der Waals surface area contributed by atoms with Crippen LogP contribution in [0.25, 0.3) is 0 Å². The minimum absolute atomic E-state index is 0.317. The van der Waals surface area contributed by atoms with Gasteiger partial charge in [-0.15, -0.1) is 0 Å². The first-order valence-corrected chi connectivity index (χ1v) is 7.16. The number of carbonyl (C=O) groups excluding carboxylic acids is 1. The average Bonchev–Trinajstić information content (AvgIpc) is 3.32. The van der Waals surface area contributed by atoms with Crippen LogP contribution < -0.4 is 4.90 Å². The SMILES string of the molecule is CCOC(=O)c1cnc(N2CCOCC2)nc1C1CC1. The molecule has 0 aromatic carbocycles. The molecule has 1 aliphatic carbocycles. The van der Waals surface area contributed by atoms with Crippen molar-refractivity contribution in [2.75, 3.05) is 37.8 Å². The Hall–Kier alpha value is -1.69. The topological polar surface area (TPSA) is 64.5 Å². The maximum atomic E-state index is 11.9. The standard InChI is InChI=1S/C14H19N3O3/c1-2-20-13(18)11-9-15-14(16-12(11)10-3-4-10)17-5-7-19-8-6-17/h9-10H,2-8H2,1H3. The zero-order chi connectivity index (χ0) is 13.9. The fourth-order valence-electron chi connectivity index (χ4n) is 2.34. The van der Waals surface area contributed by atoms with Gasteiger partial charge in [-0.3, -0.25) is 0 Å². The largest absolute Gasteiger partial charge is 0.462 e. The smallest absolute Gasteiger partial charge is 0.341 e. The molecular formula is C14H19N3O3. The number of hydrogen-bond acceptors (Lipinski definition) is 6. The molecule has 0 radical (unpaired) electrons. The lowest BCUT2D eigenvalue weighted by atomic mass is 10.1. The number of anilines is 1. The van der Waals surface area contributed by atoms with Crippen molar-refractivity contribution in [1.29, 1.82) is 0 Å². The third-order valence-corrected chi connectivity index (χ3v) is 3.56. The number of ether oxygens (including phenoxy) is 2. The summed E-state index contributed by atoms with van der Waals surface area (Å²) in [4.78, 5) is 23.0. The van der Waals surface area contributed by atoms with Gasteiger partial charge in [-0.25, -0.2) is 14.8 Å². The van der Waals surface area contributed by atoms with Gasteiger partial charge in [-0.2, -0.15) is 0 Å².